The topological polar surface area (TPSA) is 96.5 Å². The summed E-state index contributed by atoms with van der Waals surface area (Å²) >= 11 is 6.16. The fourth-order valence-corrected chi connectivity index (χ4v) is 3.32. The molecule has 0 heterocycles. The number of halogens is 3. The van der Waals surface area contributed by atoms with Crippen molar-refractivity contribution in [2.24, 2.45) is 0 Å². The van der Waals surface area contributed by atoms with Crippen molar-refractivity contribution in [2.75, 3.05) is 17.2 Å². The van der Waals surface area contributed by atoms with Gasteiger partial charge >= 0.3 is 0 Å². The van der Waals surface area contributed by atoms with Crippen molar-refractivity contribution >= 4 is 41.2 Å². The van der Waals surface area contributed by atoms with E-state index in [1.54, 1.807) is 18.2 Å². The van der Waals surface area contributed by atoms with E-state index >= 15 is 0 Å². The normalized spacial score (nSPS) is 10.5. The Labute approximate surface area is 205 Å². The van der Waals surface area contributed by atoms with Gasteiger partial charge < -0.3 is 20.7 Å². The van der Waals surface area contributed by atoms with E-state index in [0.29, 0.717) is 17.7 Å². The highest BCUT2D eigenvalue weighted by Crippen LogP contribution is 2.26. The first-order chi connectivity index (χ1) is 16.8. The first-order valence-corrected chi connectivity index (χ1v) is 10.8. The van der Waals surface area contributed by atoms with Crippen LogP contribution < -0.4 is 20.7 Å². The summed E-state index contributed by atoms with van der Waals surface area (Å²) in [4.78, 5) is 36.3. The molecule has 0 fully saturated rings. The SMILES string of the molecule is Cc1ccc(NC(=O)c2cc(NC(=O)c3cc(CNC=O)ccc3Cl)ccc2OCC(F)F)cc1. The van der Waals surface area contributed by atoms with E-state index in [4.69, 9.17) is 16.3 Å². The maximum absolute atomic E-state index is 12.9. The molecule has 35 heavy (non-hydrogen) atoms. The number of carbonyl (C=O) groups is 3. The molecule has 3 N–H and O–H groups in total. The molecular weight excluding hydrogens is 480 g/mol. The van der Waals surface area contributed by atoms with Crippen molar-refractivity contribution in [3.05, 3.63) is 87.9 Å². The maximum atomic E-state index is 12.9. The molecule has 0 bridgehead atoms. The third-order valence-corrected chi connectivity index (χ3v) is 5.15. The summed E-state index contributed by atoms with van der Waals surface area (Å²) in [5.41, 5.74) is 2.49. The van der Waals surface area contributed by atoms with E-state index in [9.17, 15) is 23.2 Å². The minimum atomic E-state index is -2.73. The van der Waals surface area contributed by atoms with Crippen LogP contribution in [-0.2, 0) is 11.3 Å². The Morgan fingerprint density at radius 3 is 2.29 bits per heavy atom. The Bertz CT molecular complexity index is 1220. The van der Waals surface area contributed by atoms with Crippen molar-refractivity contribution in [1.82, 2.24) is 5.32 Å². The van der Waals surface area contributed by atoms with Crippen LogP contribution in [0.3, 0.4) is 0 Å². The molecule has 0 spiro atoms. The first-order valence-electron chi connectivity index (χ1n) is 10.5. The molecular formula is C25H22ClF2N3O4. The summed E-state index contributed by atoms with van der Waals surface area (Å²) in [6.07, 6.45) is -2.19. The van der Waals surface area contributed by atoms with E-state index in [2.05, 4.69) is 16.0 Å². The lowest BCUT2D eigenvalue weighted by Gasteiger charge is -2.14. The Morgan fingerprint density at radius 1 is 0.943 bits per heavy atom. The monoisotopic (exact) mass is 501 g/mol. The zero-order valence-electron chi connectivity index (χ0n) is 18.6. The summed E-state index contributed by atoms with van der Waals surface area (Å²) in [5, 5.41) is 8.02. The van der Waals surface area contributed by atoms with Crippen LogP contribution in [0.15, 0.2) is 60.7 Å². The number of hydrogen-bond acceptors (Lipinski definition) is 4. The summed E-state index contributed by atoms with van der Waals surface area (Å²) in [6.45, 7) is 1.21. The average molecular weight is 502 g/mol. The van der Waals surface area contributed by atoms with Crippen LogP contribution in [0.4, 0.5) is 20.2 Å². The van der Waals surface area contributed by atoms with E-state index < -0.39 is 24.8 Å². The highest BCUT2D eigenvalue weighted by atomic mass is 35.5. The lowest BCUT2D eigenvalue weighted by atomic mass is 10.1. The van der Waals surface area contributed by atoms with Gasteiger partial charge in [0.25, 0.3) is 18.2 Å². The lowest BCUT2D eigenvalue weighted by molar-refractivity contribution is -0.109. The van der Waals surface area contributed by atoms with E-state index in [0.717, 1.165) is 5.56 Å². The van der Waals surface area contributed by atoms with Gasteiger partial charge in [-0.15, -0.1) is 0 Å². The number of rotatable bonds is 10. The van der Waals surface area contributed by atoms with E-state index in [-0.39, 0.29) is 34.1 Å². The van der Waals surface area contributed by atoms with Crippen molar-refractivity contribution < 1.29 is 27.9 Å². The third kappa shape index (κ3) is 7.25. The number of alkyl halides is 2. The Kier molecular flexibility index (Phi) is 8.74. The highest BCUT2D eigenvalue weighted by molar-refractivity contribution is 6.34. The van der Waals surface area contributed by atoms with Crippen molar-refractivity contribution in [3.8, 4) is 5.75 Å². The van der Waals surface area contributed by atoms with Gasteiger partial charge in [-0.2, -0.15) is 0 Å². The quantitative estimate of drug-likeness (QED) is 0.339. The number of aryl methyl sites for hydroxylation is 1. The highest BCUT2D eigenvalue weighted by Gasteiger charge is 2.18. The number of amides is 3. The number of carbonyl (C=O) groups excluding carboxylic acids is 3. The number of anilines is 2. The minimum Gasteiger partial charge on any atom is -0.487 e. The zero-order chi connectivity index (χ0) is 25.4. The molecule has 0 unspecified atom stereocenters. The number of ether oxygens (including phenoxy) is 1. The molecule has 3 aromatic rings. The summed E-state index contributed by atoms with van der Waals surface area (Å²) in [5.74, 6) is -1.23. The molecule has 7 nitrogen and oxygen atoms in total. The summed E-state index contributed by atoms with van der Waals surface area (Å²) < 4.78 is 30.5. The van der Waals surface area contributed by atoms with Crippen LogP contribution >= 0.6 is 11.6 Å². The van der Waals surface area contributed by atoms with Crippen LogP contribution in [-0.4, -0.2) is 31.3 Å². The molecule has 0 radical (unpaired) electrons. The molecule has 0 aromatic heterocycles. The van der Waals surface area contributed by atoms with Crippen LogP contribution in [0.25, 0.3) is 0 Å². The largest absolute Gasteiger partial charge is 0.487 e. The molecule has 0 saturated heterocycles. The lowest BCUT2D eigenvalue weighted by Crippen LogP contribution is -2.18. The number of hydrogen-bond donors (Lipinski definition) is 3. The molecule has 10 heteroatoms. The molecule has 182 valence electrons. The van der Waals surface area contributed by atoms with Gasteiger partial charge in [-0.3, -0.25) is 14.4 Å². The van der Waals surface area contributed by atoms with Gasteiger partial charge in [0.1, 0.15) is 12.4 Å². The Balaban J connectivity index is 1.86. The zero-order valence-corrected chi connectivity index (χ0v) is 19.4. The van der Waals surface area contributed by atoms with Gasteiger partial charge in [0.05, 0.1) is 16.1 Å². The van der Waals surface area contributed by atoms with Crippen molar-refractivity contribution in [2.45, 2.75) is 19.9 Å². The second-order valence-electron chi connectivity index (χ2n) is 7.50. The second-order valence-corrected chi connectivity index (χ2v) is 7.91. The van der Waals surface area contributed by atoms with Gasteiger partial charge in [0, 0.05) is 17.9 Å². The molecule has 3 amide bonds. The van der Waals surface area contributed by atoms with E-state index in [1.807, 2.05) is 19.1 Å². The van der Waals surface area contributed by atoms with Gasteiger partial charge in [0.2, 0.25) is 6.41 Å². The number of benzene rings is 3. The Morgan fingerprint density at radius 2 is 1.60 bits per heavy atom. The molecule has 3 aromatic carbocycles. The van der Waals surface area contributed by atoms with Crippen LogP contribution in [0.2, 0.25) is 5.02 Å². The van der Waals surface area contributed by atoms with Crippen LogP contribution in [0, 0.1) is 6.92 Å². The van der Waals surface area contributed by atoms with Crippen molar-refractivity contribution in [1.29, 1.82) is 0 Å². The standard InChI is InChI=1S/C25H22ClF2N3O4/c1-15-2-5-17(6-3-15)30-25(34)20-11-18(7-9-22(20)35-13-23(27)28)31-24(33)19-10-16(12-29-14-32)4-8-21(19)26/h2-11,14,23H,12-13H2,1H3,(H,29,32)(H,30,34)(H,31,33). The Hall–Kier alpha value is -3.98. The molecule has 0 aliphatic carbocycles. The minimum absolute atomic E-state index is 0.0425. The van der Waals surface area contributed by atoms with Crippen molar-refractivity contribution in [3.63, 3.8) is 0 Å². The fraction of sp³-hybridized carbons (Fsp3) is 0.160. The van der Waals surface area contributed by atoms with E-state index in [1.165, 1.54) is 30.3 Å². The molecule has 0 atom stereocenters. The smallest absolute Gasteiger partial charge is 0.272 e. The molecule has 3 rings (SSSR count). The van der Waals surface area contributed by atoms with Crippen LogP contribution in [0.1, 0.15) is 31.8 Å². The predicted molar refractivity (Wildman–Crippen MR) is 129 cm³/mol. The second kappa shape index (κ2) is 11.9. The molecule has 0 aliphatic heterocycles. The van der Waals surface area contributed by atoms with Gasteiger partial charge in [0.15, 0.2) is 0 Å². The summed E-state index contributed by atoms with van der Waals surface area (Å²) in [7, 11) is 0. The molecule has 0 saturated carbocycles. The molecule has 0 aliphatic rings. The van der Waals surface area contributed by atoms with Gasteiger partial charge in [-0.1, -0.05) is 35.4 Å². The first kappa shape index (κ1) is 25.6. The predicted octanol–water partition coefficient (Wildman–Crippen LogP) is 5.04. The van der Waals surface area contributed by atoms with Gasteiger partial charge in [-0.05, 0) is 55.0 Å². The number of nitrogens with one attached hydrogen (secondary N) is 3. The average Bonchev–Trinajstić information content (AvgIpc) is 2.83. The third-order valence-electron chi connectivity index (χ3n) is 4.82. The summed E-state index contributed by atoms with van der Waals surface area (Å²) in [6, 6.07) is 15.8. The van der Waals surface area contributed by atoms with Gasteiger partial charge in [-0.25, -0.2) is 8.78 Å². The van der Waals surface area contributed by atoms with Crippen LogP contribution in [0.5, 0.6) is 5.75 Å². The maximum Gasteiger partial charge on any atom is 0.272 e. The fourth-order valence-electron chi connectivity index (χ4n) is 3.11.